The Morgan fingerprint density at radius 2 is 2.21 bits per heavy atom. The largest absolute Gasteiger partial charge is 0.390 e. The molecule has 0 spiro atoms. The Labute approximate surface area is 83.4 Å². The van der Waals surface area contributed by atoms with Crippen LogP contribution in [0.1, 0.15) is 11.1 Å². The van der Waals surface area contributed by atoms with Crippen LogP contribution in [0.5, 0.6) is 0 Å². The molecule has 0 heterocycles. The van der Waals surface area contributed by atoms with Gasteiger partial charge in [-0.1, -0.05) is 17.7 Å². The van der Waals surface area contributed by atoms with Gasteiger partial charge in [0.25, 0.3) is 0 Å². The highest BCUT2D eigenvalue weighted by Crippen LogP contribution is 2.19. The average molecular weight is 190 g/mol. The van der Waals surface area contributed by atoms with Crippen molar-refractivity contribution in [2.75, 3.05) is 0 Å². The fourth-order valence-corrected chi connectivity index (χ4v) is 1.14. The summed E-state index contributed by atoms with van der Waals surface area (Å²) in [5.74, 6) is 0. The van der Waals surface area contributed by atoms with E-state index in [4.69, 9.17) is 11.5 Å². The smallest absolute Gasteiger partial charge is 0.117 e. The number of nitrogens with two attached hydrogens (primary N) is 2. The highest BCUT2D eigenvalue weighted by Gasteiger charge is 1.97. The number of aryl methyl sites for hydroxylation is 1. The van der Waals surface area contributed by atoms with Gasteiger partial charge >= 0.3 is 0 Å². The van der Waals surface area contributed by atoms with Crippen LogP contribution < -0.4 is 11.5 Å². The summed E-state index contributed by atoms with van der Waals surface area (Å²) in [5, 5.41) is 0. The van der Waals surface area contributed by atoms with Crippen LogP contribution in [0, 0.1) is 6.92 Å². The molecule has 0 aromatic heterocycles. The lowest BCUT2D eigenvalue weighted by atomic mass is 10.1. The van der Waals surface area contributed by atoms with Crippen molar-refractivity contribution >= 4 is 18.4 Å². The molecule has 0 saturated carbocycles. The van der Waals surface area contributed by atoms with E-state index in [1.807, 2.05) is 25.1 Å². The second-order valence-corrected chi connectivity index (χ2v) is 2.88. The topological polar surface area (TPSA) is 76.8 Å². The molecule has 0 radical (unpaired) electrons. The van der Waals surface area contributed by atoms with E-state index in [-0.39, 0.29) is 0 Å². The molecule has 0 aliphatic carbocycles. The number of hydrogen-bond acceptors (Lipinski definition) is 2. The molecular formula is C10H14N4. The van der Waals surface area contributed by atoms with Crippen LogP contribution in [0.15, 0.2) is 28.2 Å². The summed E-state index contributed by atoms with van der Waals surface area (Å²) in [5.41, 5.74) is 13.7. The lowest BCUT2D eigenvalue weighted by Crippen LogP contribution is -1.97. The third-order valence-electron chi connectivity index (χ3n) is 1.80. The molecule has 0 aliphatic heterocycles. The molecular weight excluding hydrogens is 176 g/mol. The van der Waals surface area contributed by atoms with Gasteiger partial charge < -0.3 is 11.5 Å². The Balaban J connectivity index is 2.96. The van der Waals surface area contributed by atoms with E-state index in [0.717, 1.165) is 11.3 Å². The Bertz CT molecular complexity index is 355. The van der Waals surface area contributed by atoms with Gasteiger partial charge in [-0.05, 0) is 18.6 Å². The summed E-state index contributed by atoms with van der Waals surface area (Å²) in [6, 6.07) is 5.91. The minimum Gasteiger partial charge on any atom is -0.390 e. The summed E-state index contributed by atoms with van der Waals surface area (Å²) in [4.78, 5) is 7.81. The quantitative estimate of drug-likeness (QED) is 0.553. The van der Waals surface area contributed by atoms with Gasteiger partial charge in [-0.15, -0.1) is 0 Å². The minimum absolute atomic E-state index is 0.473. The SMILES string of the molecule is Cc1ccc(N=CN=CN)c(CN)c1. The van der Waals surface area contributed by atoms with E-state index in [9.17, 15) is 0 Å². The molecule has 0 fully saturated rings. The Kier molecular flexibility index (Phi) is 3.82. The van der Waals surface area contributed by atoms with Crippen LogP contribution in [0.4, 0.5) is 5.69 Å². The van der Waals surface area contributed by atoms with Crippen molar-refractivity contribution < 1.29 is 0 Å². The van der Waals surface area contributed by atoms with Crippen molar-refractivity contribution in [1.82, 2.24) is 0 Å². The second kappa shape index (κ2) is 5.14. The van der Waals surface area contributed by atoms with Crippen LogP contribution in [0.3, 0.4) is 0 Å². The molecule has 0 atom stereocenters. The Morgan fingerprint density at radius 1 is 1.43 bits per heavy atom. The van der Waals surface area contributed by atoms with Crippen molar-refractivity contribution in [3.05, 3.63) is 29.3 Å². The predicted molar refractivity (Wildman–Crippen MR) is 59.9 cm³/mol. The van der Waals surface area contributed by atoms with Crippen LogP contribution >= 0.6 is 0 Å². The first-order valence-electron chi connectivity index (χ1n) is 4.33. The maximum Gasteiger partial charge on any atom is 0.117 e. The zero-order chi connectivity index (χ0) is 10.4. The fourth-order valence-electron chi connectivity index (χ4n) is 1.14. The van der Waals surface area contributed by atoms with Crippen molar-refractivity contribution in [2.24, 2.45) is 21.5 Å². The van der Waals surface area contributed by atoms with E-state index >= 15 is 0 Å². The predicted octanol–water partition coefficient (Wildman–Crippen LogP) is 1.10. The van der Waals surface area contributed by atoms with Gasteiger partial charge in [-0.3, -0.25) is 0 Å². The van der Waals surface area contributed by atoms with E-state index in [0.29, 0.717) is 6.54 Å². The van der Waals surface area contributed by atoms with Gasteiger partial charge in [0.15, 0.2) is 0 Å². The van der Waals surface area contributed by atoms with Gasteiger partial charge in [0.05, 0.1) is 12.0 Å². The normalized spacial score (nSPS) is 11.6. The van der Waals surface area contributed by atoms with E-state index in [1.165, 1.54) is 18.2 Å². The van der Waals surface area contributed by atoms with Gasteiger partial charge in [0.1, 0.15) is 6.34 Å². The molecule has 1 rings (SSSR count). The fraction of sp³-hybridized carbons (Fsp3) is 0.200. The molecule has 1 aromatic carbocycles. The van der Waals surface area contributed by atoms with Crippen molar-refractivity contribution in [3.63, 3.8) is 0 Å². The van der Waals surface area contributed by atoms with E-state index in [1.54, 1.807) is 0 Å². The van der Waals surface area contributed by atoms with Crippen LogP contribution in [0.25, 0.3) is 0 Å². The molecule has 0 bridgehead atoms. The average Bonchev–Trinajstić information content (AvgIpc) is 2.20. The molecule has 4 nitrogen and oxygen atoms in total. The molecule has 74 valence electrons. The first kappa shape index (κ1) is 10.4. The summed E-state index contributed by atoms with van der Waals surface area (Å²) < 4.78 is 0. The molecule has 4 heteroatoms. The maximum absolute atomic E-state index is 5.59. The lowest BCUT2D eigenvalue weighted by molar-refractivity contribution is 1.06. The molecule has 0 saturated heterocycles. The molecule has 0 unspecified atom stereocenters. The van der Waals surface area contributed by atoms with Gasteiger partial charge in [-0.25, -0.2) is 9.98 Å². The van der Waals surface area contributed by atoms with Crippen LogP contribution in [-0.2, 0) is 6.54 Å². The van der Waals surface area contributed by atoms with Crippen molar-refractivity contribution in [1.29, 1.82) is 0 Å². The van der Waals surface area contributed by atoms with Gasteiger partial charge in [-0.2, -0.15) is 0 Å². The second-order valence-electron chi connectivity index (χ2n) is 2.88. The zero-order valence-corrected chi connectivity index (χ0v) is 8.14. The number of aliphatic imine (C=N–C) groups is 2. The number of benzene rings is 1. The summed E-state index contributed by atoms with van der Waals surface area (Å²) >= 11 is 0. The zero-order valence-electron chi connectivity index (χ0n) is 8.14. The minimum atomic E-state index is 0.473. The maximum atomic E-state index is 5.59. The number of nitrogens with zero attached hydrogens (tertiary/aromatic N) is 2. The summed E-state index contributed by atoms with van der Waals surface area (Å²) in [7, 11) is 0. The standard InChI is InChI=1S/C10H14N4/c1-8-2-3-10(9(4-8)5-11)14-7-13-6-12/h2-4,6-7H,5,11H2,1H3,(H2,12,13,14). The van der Waals surface area contributed by atoms with E-state index in [2.05, 4.69) is 9.98 Å². The third-order valence-corrected chi connectivity index (χ3v) is 1.80. The first-order valence-corrected chi connectivity index (χ1v) is 4.33. The molecule has 0 amide bonds. The lowest BCUT2D eigenvalue weighted by Gasteiger charge is -2.02. The molecule has 14 heavy (non-hydrogen) atoms. The number of rotatable bonds is 3. The number of hydrogen-bond donors (Lipinski definition) is 2. The monoisotopic (exact) mass is 190 g/mol. The van der Waals surface area contributed by atoms with Gasteiger partial charge in [0.2, 0.25) is 0 Å². The van der Waals surface area contributed by atoms with Crippen molar-refractivity contribution in [3.8, 4) is 0 Å². The highest BCUT2D eigenvalue weighted by atomic mass is 14.9. The highest BCUT2D eigenvalue weighted by molar-refractivity contribution is 5.72. The Hall–Kier alpha value is -1.68. The summed E-state index contributed by atoms with van der Waals surface area (Å²) in [6.45, 7) is 2.49. The Morgan fingerprint density at radius 3 is 2.86 bits per heavy atom. The van der Waals surface area contributed by atoms with Crippen molar-refractivity contribution in [2.45, 2.75) is 13.5 Å². The van der Waals surface area contributed by atoms with Gasteiger partial charge in [0, 0.05) is 6.54 Å². The van der Waals surface area contributed by atoms with E-state index < -0.39 is 0 Å². The first-order chi connectivity index (χ1) is 6.77. The van der Waals surface area contributed by atoms with Crippen LogP contribution in [-0.4, -0.2) is 12.7 Å². The molecule has 1 aromatic rings. The van der Waals surface area contributed by atoms with Crippen LogP contribution in [0.2, 0.25) is 0 Å². The third kappa shape index (κ3) is 2.67. The molecule has 0 aliphatic rings. The summed E-state index contributed by atoms with van der Waals surface area (Å²) in [6.07, 6.45) is 2.60. The molecule has 4 N–H and O–H groups in total.